The van der Waals surface area contributed by atoms with Crippen molar-refractivity contribution < 1.29 is 4.79 Å². The molecule has 0 spiro atoms. The molecule has 0 saturated carbocycles. The SMILES string of the molecule is CC(=O)Nc1cccc(-n2c(=O)c(CCCc3ccncc3)cc3cccnc32)c1. The Labute approximate surface area is 174 Å². The molecule has 0 radical (unpaired) electrons. The van der Waals surface area contributed by atoms with Gasteiger partial charge in [-0.1, -0.05) is 6.07 Å². The van der Waals surface area contributed by atoms with E-state index >= 15 is 0 Å². The van der Waals surface area contributed by atoms with Gasteiger partial charge in [-0.15, -0.1) is 0 Å². The predicted molar refractivity (Wildman–Crippen MR) is 118 cm³/mol. The van der Waals surface area contributed by atoms with E-state index in [1.807, 2.05) is 42.5 Å². The summed E-state index contributed by atoms with van der Waals surface area (Å²) in [5.74, 6) is -0.160. The van der Waals surface area contributed by atoms with Crippen LogP contribution < -0.4 is 10.9 Å². The summed E-state index contributed by atoms with van der Waals surface area (Å²) in [6.45, 7) is 1.46. The molecule has 1 aromatic carbocycles. The number of nitrogens with one attached hydrogen (secondary N) is 1. The third-order valence-electron chi connectivity index (χ3n) is 4.92. The summed E-state index contributed by atoms with van der Waals surface area (Å²) in [4.78, 5) is 33.3. The topological polar surface area (TPSA) is 76.9 Å². The summed E-state index contributed by atoms with van der Waals surface area (Å²) in [6.07, 6.45) is 7.65. The Bertz CT molecular complexity index is 1250. The molecule has 0 aliphatic rings. The van der Waals surface area contributed by atoms with Crippen molar-refractivity contribution >= 4 is 22.6 Å². The summed E-state index contributed by atoms with van der Waals surface area (Å²) in [7, 11) is 0. The van der Waals surface area contributed by atoms with Crippen LogP contribution in [0.2, 0.25) is 0 Å². The number of fused-ring (bicyclic) bond motifs is 1. The summed E-state index contributed by atoms with van der Waals surface area (Å²) in [5, 5.41) is 3.67. The van der Waals surface area contributed by atoms with Crippen LogP contribution in [0.5, 0.6) is 0 Å². The van der Waals surface area contributed by atoms with Crippen LogP contribution in [0.1, 0.15) is 24.5 Å². The van der Waals surface area contributed by atoms with Gasteiger partial charge < -0.3 is 5.32 Å². The van der Waals surface area contributed by atoms with Crippen molar-refractivity contribution in [1.82, 2.24) is 14.5 Å². The van der Waals surface area contributed by atoms with E-state index in [4.69, 9.17) is 0 Å². The molecule has 0 aliphatic heterocycles. The van der Waals surface area contributed by atoms with Gasteiger partial charge >= 0.3 is 0 Å². The third kappa shape index (κ3) is 4.27. The summed E-state index contributed by atoms with van der Waals surface area (Å²) < 4.78 is 1.63. The minimum atomic E-state index is -0.160. The Hall–Kier alpha value is -3.80. The molecule has 6 nitrogen and oxygen atoms in total. The van der Waals surface area contributed by atoms with Crippen LogP contribution in [0.3, 0.4) is 0 Å². The fourth-order valence-corrected chi connectivity index (χ4v) is 3.58. The second kappa shape index (κ2) is 8.69. The molecular weight excluding hydrogens is 376 g/mol. The highest BCUT2D eigenvalue weighted by Crippen LogP contribution is 2.19. The number of aryl methyl sites for hydroxylation is 2. The summed E-state index contributed by atoms with van der Waals surface area (Å²) >= 11 is 0. The molecule has 0 atom stereocenters. The standard InChI is InChI=1S/C24H22N4O2/c1-17(29)27-21-8-3-9-22(16-21)28-23-19(7-4-12-26-23)15-20(24(28)30)6-2-5-18-10-13-25-14-11-18/h3-4,7-16H,2,5-6H2,1H3,(H,27,29). The maximum atomic E-state index is 13.4. The first-order chi connectivity index (χ1) is 14.6. The van der Waals surface area contributed by atoms with Crippen molar-refractivity contribution in [2.45, 2.75) is 26.2 Å². The molecule has 0 aliphatic carbocycles. The second-order valence-electron chi connectivity index (χ2n) is 7.17. The number of carbonyl (C=O) groups is 1. The molecule has 4 aromatic rings. The molecule has 0 bridgehead atoms. The average molecular weight is 398 g/mol. The molecule has 3 aromatic heterocycles. The number of anilines is 1. The van der Waals surface area contributed by atoms with Crippen LogP contribution in [0.25, 0.3) is 16.7 Å². The van der Waals surface area contributed by atoms with Crippen LogP contribution in [0.4, 0.5) is 5.69 Å². The third-order valence-corrected chi connectivity index (χ3v) is 4.92. The first-order valence-electron chi connectivity index (χ1n) is 9.88. The monoisotopic (exact) mass is 398 g/mol. The highest BCUT2D eigenvalue weighted by molar-refractivity contribution is 5.89. The van der Waals surface area contributed by atoms with E-state index in [0.717, 1.165) is 23.8 Å². The quantitative estimate of drug-likeness (QED) is 0.534. The van der Waals surface area contributed by atoms with Gasteiger partial charge in [0.15, 0.2) is 0 Å². The number of benzene rings is 1. The van der Waals surface area contributed by atoms with Crippen LogP contribution in [-0.4, -0.2) is 20.4 Å². The van der Waals surface area contributed by atoms with Crippen LogP contribution in [0.15, 0.2) is 78.0 Å². The highest BCUT2D eigenvalue weighted by Gasteiger charge is 2.12. The number of amides is 1. The lowest BCUT2D eigenvalue weighted by atomic mass is 10.0. The molecule has 6 heteroatoms. The minimum Gasteiger partial charge on any atom is -0.326 e. The number of carbonyl (C=O) groups excluding carboxylic acids is 1. The Morgan fingerprint density at radius 2 is 1.83 bits per heavy atom. The zero-order valence-electron chi connectivity index (χ0n) is 16.7. The number of aromatic nitrogens is 3. The molecular formula is C24H22N4O2. The van der Waals surface area contributed by atoms with Gasteiger partial charge in [0, 0.05) is 42.2 Å². The fraction of sp³-hybridized carbons (Fsp3) is 0.167. The Kier molecular flexibility index (Phi) is 5.66. The molecule has 150 valence electrons. The molecule has 3 heterocycles. The lowest BCUT2D eigenvalue weighted by Crippen LogP contribution is -2.23. The van der Waals surface area contributed by atoms with Gasteiger partial charge in [-0.25, -0.2) is 4.98 Å². The van der Waals surface area contributed by atoms with E-state index in [-0.39, 0.29) is 11.5 Å². The number of hydrogen-bond acceptors (Lipinski definition) is 4. The van der Waals surface area contributed by atoms with Crippen molar-refractivity contribution in [2.75, 3.05) is 5.32 Å². The largest absolute Gasteiger partial charge is 0.326 e. The number of hydrogen-bond donors (Lipinski definition) is 1. The van der Waals surface area contributed by atoms with Crippen molar-refractivity contribution in [1.29, 1.82) is 0 Å². The molecule has 30 heavy (non-hydrogen) atoms. The van der Waals surface area contributed by atoms with Crippen molar-refractivity contribution in [2.24, 2.45) is 0 Å². The van der Waals surface area contributed by atoms with Gasteiger partial charge in [0.05, 0.1) is 5.69 Å². The number of pyridine rings is 3. The molecule has 0 saturated heterocycles. The molecule has 0 fully saturated rings. The fourth-order valence-electron chi connectivity index (χ4n) is 3.58. The lowest BCUT2D eigenvalue weighted by Gasteiger charge is -2.13. The van der Waals surface area contributed by atoms with Gasteiger partial charge in [0.25, 0.3) is 5.56 Å². The van der Waals surface area contributed by atoms with Crippen molar-refractivity contribution in [3.63, 3.8) is 0 Å². The van der Waals surface area contributed by atoms with Gasteiger partial charge in [0.2, 0.25) is 5.91 Å². The second-order valence-corrected chi connectivity index (χ2v) is 7.17. The van der Waals surface area contributed by atoms with Gasteiger partial charge in [0.1, 0.15) is 5.65 Å². The molecule has 1 N–H and O–H groups in total. The van der Waals surface area contributed by atoms with Crippen molar-refractivity contribution in [3.8, 4) is 5.69 Å². The maximum absolute atomic E-state index is 13.4. The average Bonchev–Trinajstić information content (AvgIpc) is 2.74. The van der Waals surface area contributed by atoms with E-state index < -0.39 is 0 Å². The van der Waals surface area contributed by atoms with Gasteiger partial charge in [-0.3, -0.25) is 19.1 Å². The Morgan fingerprint density at radius 1 is 1.00 bits per heavy atom. The van der Waals surface area contributed by atoms with Crippen LogP contribution in [-0.2, 0) is 17.6 Å². The van der Waals surface area contributed by atoms with E-state index in [2.05, 4.69) is 15.3 Å². The first-order valence-corrected chi connectivity index (χ1v) is 9.88. The lowest BCUT2D eigenvalue weighted by molar-refractivity contribution is -0.114. The molecule has 4 rings (SSSR count). The Balaban J connectivity index is 1.73. The van der Waals surface area contributed by atoms with E-state index in [1.165, 1.54) is 12.5 Å². The summed E-state index contributed by atoms with van der Waals surface area (Å²) in [5.41, 5.74) is 3.77. The van der Waals surface area contributed by atoms with E-state index in [0.29, 0.717) is 23.4 Å². The predicted octanol–water partition coefficient (Wildman–Crippen LogP) is 3.91. The Morgan fingerprint density at radius 3 is 2.63 bits per heavy atom. The zero-order valence-corrected chi connectivity index (χ0v) is 16.7. The molecule has 1 amide bonds. The highest BCUT2D eigenvalue weighted by atomic mass is 16.1. The number of nitrogens with zero attached hydrogens (tertiary/aromatic N) is 3. The maximum Gasteiger partial charge on any atom is 0.259 e. The van der Waals surface area contributed by atoms with Crippen molar-refractivity contribution in [3.05, 3.63) is 94.7 Å². The number of rotatable bonds is 6. The zero-order chi connectivity index (χ0) is 20.9. The normalized spacial score (nSPS) is 10.8. The summed E-state index contributed by atoms with van der Waals surface area (Å²) in [6, 6.07) is 17.0. The van der Waals surface area contributed by atoms with Crippen LogP contribution >= 0.6 is 0 Å². The van der Waals surface area contributed by atoms with Gasteiger partial charge in [-0.2, -0.15) is 0 Å². The smallest absolute Gasteiger partial charge is 0.259 e. The van der Waals surface area contributed by atoms with E-state index in [9.17, 15) is 9.59 Å². The van der Waals surface area contributed by atoms with E-state index in [1.54, 1.807) is 35.3 Å². The molecule has 0 unspecified atom stereocenters. The van der Waals surface area contributed by atoms with Gasteiger partial charge in [-0.05, 0) is 73.4 Å². The van der Waals surface area contributed by atoms with Crippen LogP contribution in [0, 0.1) is 0 Å². The first kappa shape index (κ1) is 19.5. The minimum absolute atomic E-state index is 0.0871.